The lowest BCUT2D eigenvalue weighted by Gasteiger charge is -2.18. The Labute approximate surface area is 127 Å². The summed E-state index contributed by atoms with van der Waals surface area (Å²) in [6.07, 6.45) is 1.25. The van der Waals surface area contributed by atoms with E-state index in [0.717, 1.165) is 28.9 Å². The van der Waals surface area contributed by atoms with E-state index in [2.05, 4.69) is 10.6 Å². The van der Waals surface area contributed by atoms with Gasteiger partial charge in [-0.15, -0.1) is 0 Å². The third-order valence-electron chi connectivity index (χ3n) is 3.42. The highest BCUT2D eigenvalue weighted by Gasteiger charge is 2.14. The Balaban J connectivity index is 1.72. The van der Waals surface area contributed by atoms with Crippen molar-refractivity contribution in [1.29, 1.82) is 0 Å². The van der Waals surface area contributed by atoms with Crippen LogP contribution in [0, 0.1) is 5.82 Å². The molecule has 1 aliphatic rings. The van der Waals surface area contributed by atoms with Gasteiger partial charge in [-0.2, -0.15) is 0 Å². The summed E-state index contributed by atoms with van der Waals surface area (Å²) in [5, 5.41) is 6.47. The van der Waals surface area contributed by atoms with Crippen molar-refractivity contribution in [2.45, 2.75) is 19.4 Å². The summed E-state index contributed by atoms with van der Waals surface area (Å²) in [6, 6.07) is 10.3. The summed E-state index contributed by atoms with van der Waals surface area (Å²) in [4.78, 5) is 11.3. The number of halogens is 2. The maximum Gasteiger partial charge on any atom is 0.224 e. The summed E-state index contributed by atoms with van der Waals surface area (Å²) >= 11 is 5.83. The van der Waals surface area contributed by atoms with E-state index in [1.165, 1.54) is 12.1 Å². The van der Waals surface area contributed by atoms with Gasteiger partial charge in [-0.25, -0.2) is 4.39 Å². The number of amides is 1. The fourth-order valence-corrected chi connectivity index (χ4v) is 2.65. The molecule has 1 amide bonds. The van der Waals surface area contributed by atoms with Crippen LogP contribution in [0.2, 0.25) is 5.02 Å². The van der Waals surface area contributed by atoms with Crippen molar-refractivity contribution in [3.05, 3.63) is 58.4 Å². The molecule has 0 saturated heterocycles. The van der Waals surface area contributed by atoms with Crippen molar-refractivity contribution in [3.8, 4) is 0 Å². The Bertz CT molecular complexity index is 682. The summed E-state index contributed by atoms with van der Waals surface area (Å²) in [5.41, 5.74) is 3.69. The van der Waals surface area contributed by atoms with Gasteiger partial charge >= 0.3 is 0 Å². The average molecular weight is 305 g/mol. The first-order chi connectivity index (χ1) is 10.1. The molecule has 0 saturated carbocycles. The molecular formula is C16H14ClFN2O. The third-order valence-corrected chi connectivity index (χ3v) is 3.64. The average Bonchev–Trinajstić information content (AvgIpc) is 2.44. The molecule has 0 aliphatic carbocycles. The second kappa shape index (κ2) is 5.74. The van der Waals surface area contributed by atoms with Crippen LogP contribution in [0.3, 0.4) is 0 Å². The van der Waals surface area contributed by atoms with Crippen molar-refractivity contribution in [1.82, 2.24) is 0 Å². The van der Waals surface area contributed by atoms with Crippen LogP contribution in [0.4, 0.5) is 15.8 Å². The first-order valence-corrected chi connectivity index (χ1v) is 7.09. The van der Waals surface area contributed by atoms with Crippen LogP contribution in [0.25, 0.3) is 0 Å². The van der Waals surface area contributed by atoms with Gasteiger partial charge in [-0.3, -0.25) is 4.79 Å². The van der Waals surface area contributed by atoms with Gasteiger partial charge < -0.3 is 10.6 Å². The number of fused-ring (bicyclic) bond motifs is 1. The molecule has 0 unspecified atom stereocenters. The fraction of sp³-hybridized carbons (Fsp3) is 0.188. The lowest BCUT2D eigenvalue weighted by molar-refractivity contribution is -0.116. The number of nitrogens with one attached hydrogen (secondary N) is 2. The highest BCUT2D eigenvalue weighted by atomic mass is 35.5. The van der Waals surface area contributed by atoms with Gasteiger partial charge in [0.2, 0.25) is 5.91 Å². The quantitative estimate of drug-likeness (QED) is 0.900. The molecule has 0 aromatic heterocycles. The number of carbonyl (C=O) groups is 1. The predicted molar refractivity (Wildman–Crippen MR) is 82.1 cm³/mol. The summed E-state index contributed by atoms with van der Waals surface area (Å²) < 4.78 is 13.3. The Kier molecular flexibility index (Phi) is 3.80. The van der Waals surface area contributed by atoms with Crippen molar-refractivity contribution in [2.24, 2.45) is 0 Å². The summed E-state index contributed by atoms with van der Waals surface area (Å²) in [7, 11) is 0. The number of benzene rings is 2. The molecule has 0 fully saturated rings. The monoisotopic (exact) mass is 304 g/mol. The number of aryl methyl sites for hydroxylation is 1. The Hall–Kier alpha value is -2.07. The Morgan fingerprint density at radius 3 is 2.86 bits per heavy atom. The number of carbonyl (C=O) groups excluding carboxylic acids is 1. The maximum absolute atomic E-state index is 13.3. The summed E-state index contributed by atoms with van der Waals surface area (Å²) in [5.74, 6) is -0.287. The van der Waals surface area contributed by atoms with Crippen molar-refractivity contribution < 1.29 is 9.18 Å². The smallest absolute Gasteiger partial charge is 0.224 e. The van der Waals surface area contributed by atoms with Crippen LogP contribution in [-0.4, -0.2) is 5.91 Å². The van der Waals surface area contributed by atoms with E-state index in [0.29, 0.717) is 18.0 Å². The number of anilines is 2. The molecule has 3 rings (SSSR count). The van der Waals surface area contributed by atoms with Gasteiger partial charge in [0.05, 0.1) is 0 Å². The third kappa shape index (κ3) is 3.34. The molecule has 0 bridgehead atoms. The zero-order chi connectivity index (χ0) is 14.8. The molecule has 3 nitrogen and oxygen atoms in total. The Morgan fingerprint density at radius 2 is 2.05 bits per heavy atom. The molecule has 1 heterocycles. The lowest BCUT2D eigenvalue weighted by atomic mass is 10.0. The van der Waals surface area contributed by atoms with E-state index in [-0.39, 0.29) is 11.7 Å². The summed E-state index contributed by atoms with van der Waals surface area (Å²) in [6.45, 7) is 0.489. The van der Waals surface area contributed by atoms with E-state index in [1.54, 1.807) is 6.07 Å². The zero-order valence-electron chi connectivity index (χ0n) is 11.2. The molecule has 2 aromatic carbocycles. The molecule has 0 radical (unpaired) electrons. The van der Waals surface area contributed by atoms with Crippen molar-refractivity contribution in [2.75, 3.05) is 10.6 Å². The van der Waals surface area contributed by atoms with Crippen LogP contribution in [-0.2, 0) is 17.8 Å². The first-order valence-electron chi connectivity index (χ1n) is 6.72. The van der Waals surface area contributed by atoms with Gasteiger partial charge in [-0.1, -0.05) is 11.6 Å². The van der Waals surface area contributed by atoms with Crippen molar-refractivity contribution >= 4 is 28.9 Å². The van der Waals surface area contributed by atoms with E-state index in [4.69, 9.17) is 11.6 Å². The molecule has 21 heavy (non-hydrogen) atoms. The van der Waals surface area contributed by atoms with E-state index in [9.17, 15) is 9.18 Å². The van der Waals surface area contributed by atoms with Crippen LogP contribution in [0.15, 0.2) is 36.4 Å². The second-order valence-corrected chi connectivity index (χ2v) is 5.49. The van der Waals surface area contributed by atoms with Crippen LogP contribution >= 0.6 is 11.6 Å². The molecule has 2 N–H and O–H groups in total. The van der Waals surface area contributed by atoms with E-state index >= 15 is 0 Å². The Morgan fingerprint density at radius 1 is 1.19 bits per heavy atom. The fourth-order valence-electron chi connectivity index (χ4n) is 2.41. The standard InChI is InChI=1S/C16H14ClFN2O/c17-12-5-10(6-13(18)8-12)9-19-14-2-3-15-11(7-14)1-4-16(21)20-15/h2-3,5-8,19H,1,4,9H2,(H,20,21). The van der Waals surface area contributed by atoms with Gasteiger partial charge in [0.15, 0.2) is 0 Å². The molecule has 0 spiro atoms. The van der Waals surface area contributed by atoms with E-state index < -0.39 is 0 Å². The SMILES string of the molecule is O=C1CCc2cc(NCc3cc(F)cc(Cl)c3)ccc2N1. The predicted octanol–water partition coefficient (Wildman–Crippen LogP) is 3.98. The molecule has 1 aliphatic heterocycles. The maximum atomic E-state index is 13.3. The lowest BCUT2D eigenvalue weighted by Crippen LogP contribution is -2.18. The minimum atomic E-state index is -0.340. The molecule has 108 valence electrons. The number of hydrogen-bond donors (Lipinski definition) is 2. The largest absolute Gasteiger partial charge is 0.381 e. The minimum Gasteiger partial charge on any atom is -0.381 e. The van der Waals surface area contributed by atoms with Crippen molar-refractivity contribution in [3.63, 3.8) is 0 Å². The van der Waals surface area contributed by atoms with Gasteiger partial charge in [-0.05, 0) is 53.9 Å². The zero-order valence-corrected chi connectivity index (χ0v) is 12.0. The molecule has 0 atom stereocenters. The minimum absolute atomic E-state index is 0.0533. The number of rotatable bonds is 3. The first kappa shape index (κ1) is 13.9. The van der Waals surface area contributed by atoms with Crippen LogP contribution in [0.1, 0.15) is 17.5 Å². The van der Waals surface area contributed by atoms with E-state index in [1.807, 2.05) is 18.2 Å². The van der Waals surface area contributed by atoms with Crippen LogP contribution < -0.4 is 10.6 Å². The topological polar surface area (TPSA) is 41.1 Å². The molecular weight excluding hydrogens is 291 g/mol. The number of hydrogen-bond acceptors (Lipinski definition) is 2. The molecule has 2 aromatic rings. The van der Waals surface area contributed by atoms with Gasteiger partial charge in [0, 0.05) is 29.4 Å². The molecule has 5 heteroatoms. The van der Waals surface area contributed by atoms with Gasteiger partial charge in [0.25, 0.3) is 0 Å². The second-order valence-electron chi connectivity index (χ2n) is 5.05. The van der Waals surface area contributed by atoms with Gasteiger partial charge in [0.1, 0.15) is 5.82 Å². The van der Waals surface area contributed by atoms with Crippen LogP contribution in [0.5, 0.6) is 0 Å². The normalized spacial score (nSPS) is 13.5. The highest BCUT2D eigenvalue weighted by Crippen LogP contribution is 2.26. The highest BCUT2D eigenvalue weighted by molar-refractivity contribution is 6.30.